The zero-order valence-corrected chi connectivity index (χ0v) is 14.1. The summed E-state index contributed by atoms with van der Waals surface area (Å²) in [4.78, 5) is 2.46. The highest BCUT2D eigenvalue weighted by atomic mass is 15.1. The van der Waals surface area contributed by atoms with E-state index in [1.165, 1.54) is 11.3 Å². The van der Waals surface area contributed by atoms with Crippen molar-refractivity contribution in [1.29, 1.82) is 5.26 Å². The Balaban J connectivity index is 1.58. The lowest BCUT2D eigenvalue weighted by atomic mass is 9.98. The fraction of sp³-hybridized carbons (Fsp3) is 0.381. The van der Waals surface area contributed by atoms with Crippen LogP contribution in [-0.2, 0) is 0 Å². The second-order valence-corrected chi connectivity index (χ2v) is 6.42. The summed E-state index contributed by atoms with van der Waals surface area (Å²) in [6.45, 7) is 2.17. The minimum absolute atomic E-state index is 0.277. The standard InChI is InChI=1S/C21H25N3/c22-15-7-12-21(18-8-3-1-4-9-18)23-19-13-16-24(17-14-19)20-10-5-2-6-11-20/h1-6,8-11,19,21,23H,7,12-14,16-17H2/t21-/m0/s1. The molecule has 3 heteroatoms. The number of piperidine rings is 1. The highest BCUT2D eigenvalue weighted by Crippen LogP contribution is 2.24. The van der Waals surface area contributed by atoms with E-state index in [1.54, 1.807) is 0 Å². The fourth-order valence-corrected chi connectivity index (χ4v) is 3.47. The van der Waals surface area contributed by atoms with Crippen molar-refractivity contribution < 1.29 is 0 Å². The zero-order valence-electron chi connectivity index (χ0n) is 14.1. The monoisotopic (exact) mass is 319 g/mol. The third kappa shape index (κ3) is 4.37. The van der Waals surface area contributed by atoms with Gasteiger partial charge in [-0.3, -0.25) is 0 Å². The molecule has 0 saturated carbocycles. The van der Waals surface area contributed by atoms with Crippen LogP contribution in [0.2, 0.25) is 0 Å². The Bertz CT molecular complexity index is 640. The zero-order chi connectivity index (χ0) is 16.6. The number of rotatable bonds is 6. The predicted molar refractivity (Wildman–Crippen MR) is 98.8 cm³/mol. The lowest BCUT2D eigenvalue weighted by Gasteiger charge is -2.36. The minimum atomic E-state index is 0.277. The number of hydrogen-bond donors (Lipinski definition) is 1. The molecule has 24 heavy (non-hydrogen) atoms. The van der Waals surface area contributed by atoms with Crippen molar-refractivity contribution in [1.82, 2.24) is 5.32 Å². The molecule has 1 N–H and O–H groups in total. The molecule has 124 valence electrons. The summed E-state index contributed by atoms with van der Waals surface area (Å²) in [6, 6.07) is 24.3. The molecule has 1 aliphatic rings. The fourth-order valence-electron chi connectivity index (χ4n) is 3.47. The predicted octanol–water partition coefficient (Wildman–Crippen LogP) is 4.29. The second-order valence-electron chi connectivity index (χ2n) is 6.42. The molecule has 0 aliphatic carbocycles. The molecule has 0 aromatic heterocycles. The molecule has 1 atom stereocenters. The molecule has 0 bridgehead atoms. The molecule has 1 saturated heterocycles. The van der Waals surface area contributed by atoms with E-state index in [4.69, 9.17) is 5.26 Å². The van der Waals surface area contributed by atoms with Crippen molar-refractivity contribution in [2.75, 3.05) is 18.0 Å². The van der Waals surface area contributed by atoms with Crippen molar-refractivity contribution in [2.45, 2.75) is 37.8 Å². The van der Waals surface area contributed by atoms with E-state index in [0.29, 0.717) is 12.5 Å². The SMILES string of the molecule is N#CCC[C@H](NC1CCN(c2ccccc2)CC1)c1ccccc1. The van der Waals surface area contributed by atoms with E-state index in [9.17, 15) is 0 Å². The highest BCUT2D eigenvalue weighted by Gasteiger charge is 2.22. The molecule has 3 rings (SSSR count). The van der Waals surface area contributed by atoms with Gasteiger partial charge in [0.15, 0.2) is 0 Å². The number of nitrogens with one attached hydrogen (secondary N) is 1. The van der Waals surface area contributed by atoms with E-state index < -0.39 is 0 Å². The van der Waals surface area contributed by atoms with E-state index in [1.807, 2.05) is 6.07 Å². The van der Waals surface area contributed by atoms with Gasteiger partial charge in [-0.05, 0) is 37.0 Å². The third-order valence-electron chi connectivity index (χ3n) is 4.80. The summed E-state index contributed by atoms with van der Waals surface area (Å²) in [7, 11) is 0. The number of benzene rings is 2. The molecule has 1 fully saturated rings. The maximum atomic E-state index is 8.94. The molecule has 0 spiro atoms. The first-order valence-corrected chi connectivity index (χ1v) is 8.85. The Morgan fingerprint density at radius 2 is 1.62 bits per heavy atom. The Labute approximate surface area is 144 Å². The topological polar surface area (TPSA) is 39.1 Å². The van der Waals surface area contributed by atoms with Crippen LogP contribution in [0.4, 0.5) is 5.69 Å². The summed E-state index contributed by atoms with van der Waals surface area (Å²) in [5.41, 5.74) is 2.61. The van der Waals surface area contributed by atoms with Crippen LogP contribution in [0.5, 0.6) is 0 Å². The van der Waals surface area contributed by atoms with Crippen molar-refractivity contribution in [3.05, 3.63) is 66.2 Å². The van der Waals surface area contributed by atoms with Crippen LogP contribution in [0.3, 0.4) is 0 Å². The summed E-state index contributed by atoms with van der Waals surface area (Å²) in [5, 5.41) is 12.7. The minimum Gasteiger partial charge on any atom is -0.371 e. The van der Waals surface area contributed by atoms with Gasteiger partial charge in [-0.15, -0.1) is 0 Å². The normalized spacial score (nSPS) is 16.5. The first-order chi connectivity index (χ1) is 11.9. The Hall–Kier alpha value is -2.31. The Kier molecular flexibility index (Phi) is 5.87. The molecule has 1 heterocycles. The largest absolute Gasteiger partial charge is 0.371 e. The molecule has 2 aromatic carbocycles. The maximum Gasteiger partial charge on any atom is 0.0622 e. The van der Waals surface area contributed by atoms with E-state index in [0.717, 1.165) is 32.4 Å². The number of nitrogens with zero attached hydrogens (tertiary/aromatic N) is 2. The van der Waals surface area contributed by atoms with Crippen LogP contribution in [0.25, 0.3) is 0 Å². The summed E-state index contributed by atoms with van der Waals surface area (Å²) in [6.07, 6.45) is 3.75. The molecule has 3 nitrogen and oxygen atoms in total. The molecule has 1 aliphatic heterocycles. The molecule has 0 radical (unpaired) electrons. The van der Waals surface area contributed by atoms with Crippen molar-refractivity contribution in [3.63, 3.8) is 0 Å². The smallest absolute Gasteiger partial charge is 0.0622 e. The number of anilines is 1. The van der Waals surface area contributed by atoms with Gasteiger partial charge in [-0.1, -0.05) is 48.5 Å². The summed E-state index contributed by atoms with van der Waals surface area (Å²) in [5.74, 6) is 0. The van der Waals surface area contributed by atoms with Gasteiger partial charge in [0.25, 0.3) is 0 Å². The van der Waals surface area contributed by atoms with Crippen LogP contribution in [-0.4, -0.2) is 19.1 Å². The molecule has 2 aromatic rings. The van der Waals surface area contributed by atoms with Gasteiger partial charge in [0.2, 0.25) is 0 Å². The second kappa shape index (κ2) is 8.52. The van der Waals surface area contributed by atoms with Crippen LogP contribution in [0.1, 0.15) is 37.3 Å². The van der Waals surface area contributed by atoms with Crippen molar-refractivity contribution in [3.8, 4) is 6.07 Å². The van der Waals surface area contributed by atoms with Gasteiger partial charge >= 0.3 is 0 Å². The van der Waals surface area contributed by atoms with Crippen LogP contribution >= 0.6 is 0 Å². The first kappa shape index (κ1) is 16.5. The molecular formula is C21H25N3. The van der Waals surface area contributed by atoms with E-state index in [-0.39, 0.29) is 6.04 Å². The van der Waals surface area contributed by atoms with E-state index in [2.05, 4.69) is 70.9 Å². The molecule has 0 amide bonds. The van der Waals surface area contributed by atoms with Crippen LogP contribution in [0, 0.1) is 11.3 Å². The van der Waals surface area contributed by atoms with Gasteiger partial charge in [0.05, 0.1) is 6.07 Å². The van der Waals surface area contributed by atoms with Gasteiger partial charge in [-0.25, -0.2) is 0 Å². The third-order valence-corrected chi connectivity index (χ3v) is 4.80. The molecular weight excluding hydrogens is 294 g/mol. The van der Waals surface area contributed by atoms with Gasteiger partial charge in [0, 0.05) is 37.3 Å². The van der Waals surface area contributed by atoms with Gasteiger partial charge in [0.1, 0.15) is 0 Å². The van der Waals surface area contributed by atoms with E-state index >= 15 is 0 Å². The lowest BCUT2D eigenvalue weighted by molar-refractivity contribution is 0.360. The number of hydrogen-bond acceptors (Lipinski definition) is 3. The quantitative estimate of drug-likeness (QED) is 0.863. The van der Waals surface area contributed by atoms with Crippen molar-refractivity contribution >= 4 is 5.69 Å². The highest BCUT2D eigenvalue weighted by molar-refractivity contribution is 5.46. The Morgan fingerprint density at radius 3 is 2.25 bits per heavy atom. The Morgan fingerprint density at radius 1 is 1.00 bits per heavy atom. The average molecular weight is 319 g/mol. The first-order valence-electron chi connectivity index (χ1n) is 8.85. The summed E-state index contributed by atoms with van der Waals surface area (Å²) < 4.78 is 0. The maximum absolute atomic E-state index is 8.94. The average Bonchev–Trinajstić information content (AvgIpc) is 2.67. The van der Waals surface area contributed by atoms with Crippen LogP contribution < -0.4 is 10.2 Å². The van der Waals surface area contributed by atoms with Crippen molar-refractivity contribution in [2.24, 2.45) is 0 Å². The summed E-state index contributed by atoms with van der Waals surface area (Å²) >= 11 is 0. The van der Waals surface area contributed by atoms with Gasteiger partial charge in [-0.2, -0.15) is 5.26 Å². The number of nitriles is 1. The van der Waals surface area contributed by atoms with Gasteiger partial charge < -0.3 is 10.2 Å². The lowest BCUT2D eigenvalue weighted by Crippen LogP contribution is -2.43. The molecule has 0 unspecified atom stereocenters. The number of para-hydroxylation sites is 1. The van der Waals surface area contributed by atoms with Crippen LogP contribution in [0.15, 0.2) is 60.7 Å².